The van der Waals surface area contributed by atoms with Crippen LogP contribution in [0, 0.1) is 16.0 Å². The van der Waals surface area contributed by atoms with Gasteiger partial charge in [-0.05, 0) is 30.5 Å². The molecule has 2 unspecified atom stereocenters. The number of aromatic amines is 1. The molecule has 32 heavy (non-hydrogen) atoms. The smallest absolute Gasteiger partial charge is 0.289 e. The molecule has 4 aromatic rings. The molecule has 3 aromatic heterocycles. The number of nitro benzene ring substituents is 1. The van der Waals surface area contributed by atoms with Crippen LogP contribution in [0.15, 0.2) is 47.3 Å². The van der Waals surface area contributed by atoms with E-state index in [0.717, 1.165) is 23.3 Å². The van der Waals surface area contributed by atoms with Crippen LogP contribution in [0.4, 0.5) is 11.5 Å². The Morgan fingerprint density at radius 1 is 1.31 bits per heavy atom. The summed E-state index contributed by atoms with van der Waals surface area (Å²) >= 11 is 0. The fraction of sp³-hybridized carbons (Fsp3) is 0.318. The van der Waals surface area contributed by atoms with Crippen molar-refractivity contribution < 1.29 is 14.1 Å². The number of nitro groups is 1. The molecule has 1 amide bonds. The van der Waals surface area contributed by atoms with Gasteiger partial charge in [0.2, 0.25) is 0 Å². The van der Waals surface area contributed by atoms with E-state index in [1.54, 1.807) is 11.0 Å². The number of aromatic nitrogens is 3. The van der Waals surface area contributed by atoms with Crippen molar-refractivity contribution in [2.45, 2.75) is 19.4 Å². The number of non-ortho nitro benzene ring substituents is 1. The van der Waals surface area contributed by atoms with E-state index < -0.39 is 4.92 Å². The van der Waals surface area contributed by atoms with E-state index >= 15 is 0 Å². The number of carbonyl (C=O) groups excluding carboxylic acids is 1. The summed E-state index contributed by atoms with van der Waals surface area (Å²) < 4.78 is 5.72. The normalized spacial score (nSPS) is 18.9. The van der Waals surface area contributed by atoms with Crippen LogP contribution < -0.4 is 4.90 Å². The molecular weight excluding hydrogens is 412 g/mol. The molecule has 0 radical (unpaired) electrons. The Morgan fingerprint density at radius 3 is 2.97 bits per heavy atom. The lowest BCUT2D eigenvalue weighted by atomic mass is 9.92. The maximum atomic E-state index is 13.2. The maximum absolute atomic E-state index is 13.2. The number of rotatable bonds is 4. The van der Waals surface area contributed by atoms with E-state index in [9.17, 15) is 14.9 Å². The topological polar surface area (TPSA) is 121 Å². The van der Waals surface area contributed by atoms with Gasteiger partial charge in [0, 0.05) is 43.9 Å². The number of benzene rings is 1. The highest BCUT2D eigenvalue weighted by atomic mass is 16.6. The maximum Gasteiger partial charge on any atom is 0.289 e. The summed E-state index contributed by atoms with van der Waals surface area (Å²) in [7, 11) is 1.99. The SMILES string of the molecule is CC1CCN(C(=O)c2cc3cc([N+](=O)[O-])ccc3o2)CC1N(C)c1ncnc2[nH]ccc12. The molecule has 1 aliphatic heterocycles. The summed E-state index contributed by atoms with van der Waals surface area (Å²) in [5.41, 5.74) is 1.19. The summed E-state index contributed by atoms with van der Waals surface area (Å²) in [4.78, 5) is 39.5. The van der Waals surface area contributed by atoms with Crippen molar-refractivity contribution in [1.82, 2.24) is 19.9 Å². The quantitative estimate of drug-likeness (QED) is 0.385. The number of hydrogen-bond donors (Lipinski definition) is 1. The average Bonchev–Trinajstić information content (AvgIpc) is 3.44. The van der Waals surface area contributed by atoms with Gasteiger partial charge in [-0.1, -0.05) is 6.92 Å². The van der Waals surface area contributed by atoms with Gasteiger partial charge in [-0.2, -0.15) is 0 Å². The highest BCUT2D eigenvalue weighted by Crippen LogP contribution is 2.30. The zero-order valence-electron chi connectivity index (χ0n) is 17.7. The summed E-state index contributed by atoms with van der Waals surface area (Å²) in [5.74, 6) is 1.14. The first-order valence-corrected chi connectivity index (χ1v) is 10.4. The summed E-state index contributed by atoms with van der Waals surface area (Å²) in [6.07, 6.45) is 4.21. The summed E-state index contributed by atoms with van der Waals surface area (Å²) in [5, 5.41) is 12.5. The van der Waals surface area contributed by atoms with Crippen molar-refractivity contribution in [2.24, 2.45) is 5.92 Å². The highest BCUT2D eigenvalue weighted by molar-refractivity contribution is 5.96. The van der Waals surface area contributed by atoms with E-state index in [1.165, 1.54) is 24.5 Å². The van der Waals surface area contributed by atoms with Crippen LogP contribution in [0.2, 0.25) is 0 Å². The van der Waals surface area contributed by atoms with Crippen LogP contribution in [-0.2, 0) is 0 Å². The lowest BCUT2D eigenvalue weighted by molar-refractivity contribution is -0.384. The molecule has 2 atom stereocenters. The monoisotopic (exact) mass is 434 g/mol. The third-order valence-electron chi connectivity index (χ3n) is 6.29. The molecular formula is C22H22N6O4. The molecule has 10 heteroatoms. The van der Waals surface area contributed by atoms with Crippen molar-refractivity contribution in [2.75, 3.05) is 25.0 Å². The number of likely N-dealkylation sites (tertiary alicyclic amines) is 1. The second-order valence-corrected chi connectivity index (χ2v) is 8.22. The minimum atomic E-state index is -0.463. The molecule has 0 aliphatic carbocycles. The third kappa shape index (κ3) is 3.33. The number of hydrogen-bond acceptors (Lipinski definition) is 7. The average molecular weight is 434 g/mol. The minimum Gasteiger partial charge on any atom is -0.451 e. The highest BCUT2D eigenvalue weighted by Gasteiger charge is 2.34. The Kier molecular flexibility index (Phi) is 4.76. The Morgan fingerprint density at radius 2 is 2.16 bits per heavy atom. The van der Waals surface area contributed by atoms with Crippen LogP contribution >= 0.6 is 0 Å². The Bertz CT molecular complexity index is 1330. The third-order valence-corrected chi connectivity index (χ3v) is 6.29. The Hall–Kier alpha value is -3.95. The first-order valence-electron chi connectivity index (χ1n) is 10.4. The van der Waals surface area contributed by atoms with Gasteiger partial charge in [0.15, 0.2) is 5.76 Å². The number of amides is 1. The predicted octanol–water partition coefficient (Wildman–Crippen LogP) is 3.60. The van der Waals surface area contributed by atoms with Gasteiger partial charge in [-0.3, -0.25) is 14.9 Å². The number of likely N-dealkylation sites (N-methyl/N-ethyl adjacent to an activating group) is 1. The molecule has 4 heterocycles. The molecule has 0 saturated carbocycles. The number of nitrogens with zero attached hydrogens (tertiary/aromatic N) is 5. The number of piperidine rings is 1. The van der Waals surface area contributed by atoms with E-state index in [1.807, 2.05) is 19.3 Å². The first-order chi connectivity index (χ1) is 15.4. The number of nitrogens with one attached hydrogen (secondary N) is 1. The second kappa shape index (κ2) is 7.63. The fourth-order valence-electron chi connectivity index (χ4n) is 4.44. The first kappa shape index (κ1) is 20.0. The van der Waals surface area contributed by atoms with Crippen molar-refractivity contribution in [3.63, 3.8) is 0 Å². The van der Waals surface area contributed by atoms with Gasteiger partial charge in [0.25, 0.3) is 11.6 Å². The molecule has 1 aliphatic rings. The number of H-pyrrole nitrogens is 1. The lowest BCUT2D eigenvalue weighted by Gasteiger charge is -2.42. The van der Waals surface area contributed by atoms with Crippen molar-refractivity contribution >= 4 is 39.4 Å². The number of furan rings is 1. The van der Waals surface area contributed by atoms with Crippen molar-refractivity contribution in [3.8, 4) is 0 Å². The van der Waals surface area contributed by atoms with E-state index in [4.69, 9.17) is 4.42 Å². The van der Waals surface area contributed by atoms with Crippen LogP contribution in [0.3, 0.4) is 0 Å². The van der Waals surface area contributed by atoms with Crippen LogP contribution in [-0.4, -0.2) is 56.9 Å². The Balaban J connectivity index is 1.40. The van der Waals surface area contributed by atoms with Crippen molar-refractivity contribution in [3.05, 3.63) is 58.7 Å². The van der Waals surface area contributed by atoms with E-state index in [-0.39, 0.29) is 23.4 Å². The summed E-state index contributed by atoms with van der Waals surface area (Å²) in [6.45, 7) is 3.31. The molecule has 1 saturated heterocycles. The van der Waals surface area contributed by atoms with Gasteiger partial charge < -0.3 is 19.2 Å². The standard InChI is InChI=1S/C22H22N6O4/c1-13-6-8-27(11-17(13)26(2)21-16-5-7-23-20(16)24-12-25-21)22(29)19-10-14-9-15(28(30)31)3-4-18(14)32-19/h3-5,7,9-10,12-13,17H,6,8,11H2,1-2H3,(H,23,24,25). The molecule has 164 valence electrons. The van der Waals surface area contributed by atoms with Crippen LogP contribution in [0.25, 0.3) is 22.0 Å². The Labute approximate surface area is 183 Å². The molecule has 1 N–H and O–H groups in total. The van der Waals surface area contributed by atoms with Gasteiger partial charge in [0.05, 0.1) is 16.4 Å². The van der Waals surface area contributed by atoms with Crippen LogP contribution in [0.5, 0.6) is 0 Å². The van der Waals surface area contributed by atoms with Gasteiger partial charge in [-0.25, -0.2) is 9.97 Å². The molecule has 1 aromatic carbocycles. The second-order valence-electron chi connectivity index (χ2n) is 8.22. The zero-order chi connectivity index (χ0) is 22.4. The van der Waals surface area contributed by atoms with Gasteiger partial charge in [0.1, 0.15) is 23.4 Å². The van der Waals surface area contributed by atoms with Crippen LogP contribution in [0.1, 0.15) is 23.9 Å². The molecule has 0 spiro atoms. The fourth-order valence-corrected chi connectivity index (χ4v) is 4.44. The molecule has 1 fully saturated rings. The molecule has 10 nitrogen and oxygen atoms in total. The minimum absolute atomic E-state index is 0.0355. The number of anilines is 1. The molecule has 0 bridgehead atoms. The largest absolute Gasteiger partial charge is 0.451 e. The van der Waals surface area contributed by atoms with E-state index in [0.29, 0.717) is 30.0 Å². The van der Waals surface area contributed by atoms with E-state index in [2.05, 4.69) is 26.8 Å². The van der Waals surface area contributed by atoms with Gasteiger partial charge in [-0.15, -0.1) is 0 Å². The lowest BCUT2D eigenvalue weighted by Crippen LogP contribution is -2.52. The number of carbonyl (C=O) groups is 1. The summed E-state index contributed by atoms with van der Waals surface area (Å²) in [6, 6.07) is 7.90. The molecule has 5 rings (SSSR count). The van der Waals surface area contributed by atoms with Gasteiger partial charge >= 0.3 is 0 Å². The number of fused-ring (bicyclic) bond motifs is 2. The van der Waals surface area contributed by atoms with Crippen molar-refractivity contribution in [1.29, 1.82) is 0 Å². The predicted molar refractivity (Wildman–Crippen MR) is 119 cm³/mol. The zero-order valence-corrected chi connectivity index (χ0v) is 17.7.